The zero-order chi connectivity index (χ0) is 26.3. The molecule has 38 heavy (non-hydrogen) atoms. The van der Waals surface area contributed by atoms with E-state index in [1.54, 1.807) is 18.1 Å². The minimum absolute atomic E-state index is 0.0480. The molecule has 2 aromatic heterocycles. The Kier molecular flexibility index (Phi) is 7.85. The number of ether oxygens (including phenoxy) is 1. The Bertz CT molecular complexity index is 1440. The minimum Gasteiger partial charge on any atom is -0.497 e. The van der Waals surface area contributed by atoms with Crippen molar-refractivity contribution in [2.75, 3.05) is 36.3 Å². The molecular formula is C28H27N6O3S+. The Morgan fingerprint density at radius 3 is 2.61 bits per heavy atom. The monoisotopic (exact) mass is 527 g/mol. The number of nitriles is 1. The Morgan fingerprint density at radius 2 is 1.89 bits per heavy atom. The maximum absolute atomic E-state index is 12.8. The van der Waals surface area contributed by atoms with E-state index >= 15 is 0 Å². The standard InChI is InChI=1S/C28H26N6O3S/c1-36-22-12-10-20(11-13-22)23-16-25(21-8-4-2-5-9-21)30-28(24(23)17-29)38-19-26(35)31-27-18-34(32-37-27)33-14-6-3-7-15-33/h2,4-5,8-13,16,18H,3,6-7,14-15,19H2,1H3/p+1. The average Bonchev–Trinajstić information content (AvgIpc) is 3.45. The molecule has 3 heterocycles. The number of nitrogens with one attached hydrogen (secondary N) is 1. The highest BCUT2D eigenvalue weighted by Gasteiger charge is 2.24. The summed E-state index contributed by atoms with van der Waals surface area (Å²) in [6.45, 7) is 1.80. The van der Waals surface area contributed by atoms with Crippen molar-refractivity contribution in [1.82, 2.24) is 10.3 Å². The van der Waals surface area contributed by atoms with Gasteiger partial charge in [0.05, 0.1) is 42.0 Å². The maximum atomic E-state index is 12.8. The molecule has 1 amide bonds. The molecule has 1 aliphatic heterocycles. The molecule has 0 aliphatic carbocycles. The van der Waals surface area contributed by atoms with Gasteiger partial charge in [-0.05, 0) is 43.0 Å². The predicted octanol–water partition coefficient (Wildman–Crippen LogP) is 4.42. The first-order valence-corrected chi connectivity index (χ1v) is 13.3. The zero-order valence-corrected chi connectivity index (χ0v) is 21.8. The number of hydrogen-bond donors (Lipinski definition) is 1. The number of hydrogen-bond acceptors (Lipinski definition) is 8. The molecular weight excluding hydrogens is 500 g/mol. The second-order valence-corrected chi connectivity index (χ2v) is 9.74. The molecule has 0 saturated carbocycles. The summed E-state index contributed by atoms with van der Waals surface area (Å²) in [4.78, 5) is 19.2. The van der Waals surface area contributed by atoms with Crippen molar-refractivity contribution < 1.29 is 18.8 Å². The number of piperidine rings is 1. The highest BCUT2D eigenvalue weighted by atomic mass is 32.2. The molecule has 1 aliphatic rings. The summed E-state index contributed by atoms with van der Waals surface area (Å²) >= 11 is 1.21. The highest BCUT2D eigenvalue weighted by molar-refractivity contribution is 8.00. The lowest BCUT2D eigenvalue weighted by atomic mass is 9.99. The number of amides is 1. The SMILES string of the molecule is COc1ccc(-c2cc(-c3ccccc3)nc(SCC(=O)Nc3c[n+](N4CCCCC4)no3)c2C#N)cc1. The lowest BCUT2D eigenvalue weighted by Gasteiger charge is -2.17. The van der Waals surface area contributed by atoms with Gasteiger partial charge in [0.15, 0.2) is 0 Å². The fourth-order valence-electron chi connectivity index (χ4n) is 4.30. The van der Waals surface area contributed by atoms with Crippen molar-refractivity contribution in [3.05, 3.63) is 72.4 Å². The van der Waals surface area contributed by atoms with Crippen molar-refractivity contribution in [1.29, 1.82) is 5.26 Å². The van der Waals surface area contributed by atoms with E-state index in [9.17, 15) is 10.1 Å². The number of aromatic nitrogens is 3. The molecule has 9 nitrogen and oxygen atoms in total. The van der Waals surface area contributed by atoms with Crippen LogP contribution in [0.15, 0.2) is 76.4 Å². The summed E-state index contributed by atoms with van der Waals surface area (Å²) < 4.78 is 10.6. The fraction of sp³-hybridized carbons (Fsp3) is 0.250. The summed E-state index contributed by atoms with van der Waals surface area (Å²) in [6, 6.07) is 21.5. The van der Waals surface area contributed by atoms with Gasteiger partial charge in [0.25, 0.3) is 6.20 Å². The van der Waals surface area contributed by atoms with Gasteiger partial charge in [-0.15, -0.1) is 0 Å². The first kappa shape index (κ1) is 25.3. The Hall–Kier alpha value is -4.36. The number of rotatable bonds is 8. The van der Waals surface area contributed by atoms with Gasteiger partial charge in [0, 0.05) is 11.1 Å². The van der Waals surface area contributed by atoms with Gasteiger partial charge in [-0.1, -0.05) is 54.2 Å². The average molecular weight is 528 g/mol. The summed E-state index contributed by atoms with van der Waals surface area (Å²) in [5, 5.41) is 19.4. The van der Waals surface area contributed by atoms with Gasteiger partial charge in [-0.25, -0.2) is 4.98 Å². The van der Waals surface area contributed by atoms with E-state index < -0.39 is 0 Å². The van der Waals surface area contributed by atoms with E-state index in [1.807, 2.05) is 60.7 Å². The largest absolute Gasteiger partial charge is 0.497 e. The van der Waals surface area contributed by atoms with Crippen LogP contribution in [0.2, 0.25) is 0 Å². The Balaban J connectivity index is 1.38. The van der Waals surface area contributed by atoms with Crippen LogP contribution in [0, 0.1) is 11.3 Å². The lowest BCUT2D eigenvalue weighted by Crippen LogP contribution is -2.60. The number of thioether (sulfide) groups is 1. The summed E-state index contributed by atoms with van der Waals surface area (Å²) in [5.74, 6) is 0.766. The van der Waals surface area contributed by atoms with E-state index in [0.29, 0.717) is 10.6 Å². The van der Waals surface area contributed by atoms with E-state index in [0.717, 1.165) is 54.1 Å². The van der Waals surface area contributed by atoms with E-state index in [2.05, 4.69) is 21.7 Å². The third-order valence-electron chi connectivity index (χ3n) is 6.25. The molecule has 0 bridgehead atoms. The highest BCUT2D eigenvalue weighted by Crippen LogP contribution is 2.35. The van der Waals surface area contributed by atoms with E-state index in [1.165, 1.54) is 18.2 Å². The fourth-order valence-corrected chi connectivity index (χ4v) is 5.11. The normalized spacial score (nSPS) is 13.1. The second kappa shape index (κ2) is 11.8. The van der Waals surface area contributed by atoms with Crippen LogP contribution in [0.1, 0.15) is 24.8 Å². The number of carbonyl (C=O) groups excluding carboxylic acids is 1. The smallest absolute Gasteiger partial charge is 0.305 e. The van der Waals surface area contributed by atoms with Crippen LogP contribution >= 0.6 is 11.8 Å². The molecule has 5 rings (SSSR count). The van der Waals surface area contributed by atoms with Gasteiger partial charge in [0.1, 0.15) is 16.8 Å². The van der Waals surface area contributed by atoms with Gasteiger partial charge in [-0.2, -0.15) is 10.3 Å². The molecule has 4 aromatic rings. The van der Waals surface area contributed by atoms with Crippen LogP contribution in [-0.2, 0) is 4.79 Å². The first-order valence-electron chi connectivity index (χ1n) is 12.4. The van der Waals surface area contributed by atoms with Crippen LogP contribution in [0.4, 0.5) is 5.88 Å². The topological polar surface area (TPSA) is 108 Å². The van der Waals surface area contributed by atoms with Crippen molar-refractivity contribution in [3.8, 4) is 34.2 Å². The molecule has 0 atom stereocenters. The molecule has 1 saturated heterocycles. The quantitative estimate of drug-likeness (QED) is 0.265. The van der Waals surface area contributed by atoms with Gasteiger partial charge in [-0.3, -0.25) is 14.6 Å². The second-order valence-electron chi connectivity index (χ2n) is 8.78. The molecule has 0 unspecified atom stereocenters. The van der Waals surface area contributed by atoms with Crippen molar-refractivity contribution in [2.45, 2.75) is 24.3 Å². The Labute approximate surface area is 225 Å². The molecule has 0 spiro atoms. The molecule has 1 fully saturated rings. The lowest BCUT2D eigenvalue weighted by molar-refractivity contribution is -0.759. The van der Waals surface area contributed by atoms with Crippen LogP contribution in [0.25, 0.3) is 22.4 Å². The van der Waals surface area contributed by atoms with Crippen LogP contribution in [-0.4, -0.2) is 42.1 Å². The summed E-state index contributed by atoms with van der Waals surface area (Å²) in [7, 11) is 1.61. The number of carbonyl (C=O) groups is 1. The van der Waals surface area contributed by atoms with E-state index in [4.69, 9.17) is 14.2 Å². The summed E-state index contributed by atoms with van der Waals surface area (Å²) in [5.41, 5.74) is 3.65. The first-order chi connectivity index (χ1) is 18.6. The van der Waals surface area contributed by atoms with Crippen LogP contribution < -0.4 is 19.9 Å². The van der Waals surface area contributed by atoms with Gasteiger partial charge >= 0.3 is 5.88 Å². The maximum Gasteiger partial charge on any atom is 0.305 e. The number of anilines is 1. The molecule has 192 valence electrons. The molecule has 10 heteroatoms. The number of pyridine rings is 1. The predicted molar refractivity (Wildman–Crippen MR) is 144 cm³/mol. The summed E-state index contributed by atoms with van der Waals surface area (Å²) in [6.07, 6.45) is 5.09. The molecule has 0 radical (unpaired) electrons. The minimum atomic E-state index is -0.279. The number of benzene rings is 2. The van der Waals surface area contributed by atoms with Gasteiger partial charge in [0.2, 0.25) is 11.2 Å². The molecule has 1 N–H and O–H groups in total. The van der Waals surface area contributed by atoms with Crippen LogP contribution in [0.3, 0.4) is 0 Å². The third-order valence-corrected chi connectivity index (χ3v) is 7.22. The van der Waals surface area contributed by atoms with E-state index in [-0.39, 0.29) is 17.5 Å². The third kappa shape index (κ3) is 5.79. The van der Waals surface area contributed by atoms with Crippen LogP contribution in [0.5, 0.6) is 5.75 Å². The zero-order valence-electron chi connectivity index (χ0n) is 21.0. The van der Waals surface area contributed by atoms with Crippen molar-refractivity contribution >= 4 is 23.6 Å². The Morgan fingerprint density at radius 1 is 1.13 bits per heavy atom. The number of methoxy groups -OCH3 is 1. The van der Waals surface area contributed by atoms with Gasteiger partial charge < -0.3 is 4.74 Å². The number of nitrogens with zero attached hydrogens (tertiary/aromatic N) is 5. The van der Waals surface area contributed by atoms with Crippen molar-refractivity contribution in [2.24, 2.45) is 0 Å². The van der Waals surface area contributed by atoms with Crippen molar-refractivity contribution in [3.63, 3.8) is 0 Å². The molecule has 2 aromatic carbocycles.